The maximum atomic E-state index is 13.6. The van der Waals surface area contributed by atoms with Gasteiger partial charge in [0.1, 0.15) is 18.1 Å². The summed E-state index contributed by atoms with van der Waals surface area (Å²) in [5, 5.41) is 18.5. The van der Waals surface area contributed by atoms with E-state index in [0.29, 0.717) is 32.4 Å². The molecule has 2 aromatic rings. The number of carboxylic acid groups (broad SMARTS) is 1. The molecular weight excluding hydrogens is 542 g/mol. The number of H-pyrrole nitrogens is 1. The van der Waals surface area contributed by atoms with Crippen molar-refractivity contribution < 1.29 is 24.3 Å². The van der Waals surface area contributed by atoms with Gasteiger partial charge in [0.05, 0.1) is 6.04 Å². The normalized spacial score (nSPS) is 14.0. The minimum absolute atomic E-state index is 0.0579. The highest BCUT2D eigenvalue weighted by Crippen LogP contribution is 2.19. The van der Waals surface area contributed by atoms with Gasteiger partial charge in [-0.15, -0.1) is 0 Å². The molecule has 3 amide bonds. The summed E-state index contributed by atoms with van der Waals surface area (Å²) in [6.07, 6.45) is 3.97. The Hall–Kier alpha value is -4.17. The van der Waals surface area contributed by atoms with E-state index in [-0.39, 0.29) is 31.1 Å². The zero-order valence-electron chi connectivity index (χ0n) is 24.3. The Morgan fingerprint density at radius 2 is 1.62 bits per heavy atom. The third-order valence-electron chi connectivity index (χ3n) is 6.84. The standard InChI is InChI=1S/C28H45N9O5/c1-16(2)23(26(40)35-21(27(41)42)11-5-6-12-29)37-25(39)22(14-17-15-34-20-10-4-3-8-18(17)20)36-24(38)19(30)9-7-13-33-28(31)32/h3-4,8,10,15-16,19,21-23,34H,5-7,9,11-14,29-30H2,1-2H3,(H,35,40)(H,36,38)(H,37,39)(H,41,42)(H4,31,32,33). The number of carboxylic acids is 1. The first kappa shape index (κ1) is 34.0. The molecule has 4 atom stereocenters. The number of benzene rings is 1. The lowest BCUT2D eigenvalue weighted by molar-refractivity contribution is -0.142. The van der Waals surface area contributed by atoms with Gasteiger partial charge in [-0.1, -0.05) is 32.0 Å². The van der Waals surface area contributed by atoms with Gasteiger partial charge in [0.25, 0.3) is 0 Å². The van der Waals surface area contributed by atoms with Crippen molar-refractivity contribution in [2.45, 2.75) is 76.5 Å². The predicted octanol–water partition coefficient (Wildman–Crippen LogP) is -0.585. The van der Waals surface area contributed by atoms with Crippen LogP contribution < -0.4 is 38.9 Å². The Bertz CT molecular complexity index is 1230. The number of nitrogens with zero attached hydrogens (tertiary/aromatic N) is 1. The van der Waals surface area contributed by atoms with Crippen molar-refractivity contribution >= 4 is 40.6 Å². The van der Waals surface area contributed by atoms with Crippen LogP contribution in [-0.2, 0) is 25.6 Å². The lowest BCUT2D eigenvalue weighted by atomic mass is 9.99. The lowest BCUT2D eigenvalue weighted by Gasteiger charge is -2.27. The number of hydrogen-bond acceptors (Lipinski definition) is 7. The van der Waals surface area contributed by atoms with E-state index in [2.05, 4.69) is 25.9 Å². The van der Waals surface area contributed by atoms with Crippen LogP contribution in [0.5, 0.6) is 0 Å². The quantitative estimate of drug-likeness (QED) is 0.0613. The van der Waals surface area contributed by atoms with Crippen LogP contribution in [0.4, 0.5) is 0 Å². The molecule has 0 spiro atoms. The van der Waals surface area contributed by atoms with Gasteiger partial charge in [-0.05, 0) is 56.2 Å². The van der Waals surface area contributed by atoms with Crippen LogP contribution in [0.3, 0.4) is 0 Å². The number of aliphatic imine (C=N–C) groups is 1. The number of carbonyl (C=O) groups excluding carboxylic acids is 3. The number of guanidine groups is 1. The molecule has 0 saturated heterocycles. The van der Waals surface area contributed by atoms with E-state index in [0.717, 1.165) is 16.5 Å². The molecule has 13 N–H and O–H groups in total. The molecular formula is C28H45N9O5. The van der Waals surface area contributed by atoms with Gasteiger partial charge >= 0.3 is 5.97 Å². The molecule has 0 aliphatic heterocycles. The first-order valence-corrected chi connectivity index (χ1v) is 14.1. The van der Waals surface area contributed by atoms with E-state index in [4.69, 9.17) is 22.9 Å². The number of nitrogens with one attached hydrogen (secondary N) is 4. The molecule has 0 saturated carbocycles. The van der Waals surface area contributed by atoms with Gasteiger partial charge in [-0.25, -0.2) is 4.79 Å². The molecule has 0 aliphatic carbocycles. The van der Waals surface area contributed by atoms with Crippen LogP contribution in [0.2, 0.25) is 0 Å². The highest BCUT2D eigenvalue weighted by Gasteiger charge is 2.32. The highest BCUT2D eigenvalue weighted by atomic mass is 16.4. The summed E-state index contributed by atoms with van der Waals surface area (Å²) >= 11 is 0. The van der Waals surface area contributed by atoms with Crippen LogP contribution in [0.25, 0.3) is 10.9 Å². The van der Waals surface area contributed by atoms with Crippen molar-refractivity contribution in [3.63, 3.8) is 0 Å². The number of para-hydroxylation sites is 1. The fourth-order valence-corrected chi connectivity index (χ4v) is 4.46. The van der Waals surface area contributed by atoms with Crippen molar-refractivity contribution in [1.29, 1.82) is 0 Å². The van der Waals surface area contributed by atoms with Crippen LogP contribution in [0.1, 0.15) is 51.5 Å². The number of hydrogen-bond donors (Lipinski definition) is 9. The summed E-state index contributed by atoms with van der Waals surface area (Å²) < 4.78 is 0. The number of amides is 3. The van der Waals surface area contributed by atoms with Crippen molar-refractivity contribution in [2.24, 2.45) is 33.8 Å². The first-order valence-electron chi connectivity index (χ1n) is 14.1. The molecule has 0 fully saturated rings. The molecule has 232 valence electrons. The van der Waals surface area contributed by atoms with Gasteiger partial charge in [-0.3, -0.25) is 19.4 Å². The average molecular weight is 588 g/mol. The van der Waals surface area contributed by atoms with Crippen molar-refractivity contribution in [3.8, 4) is 0 Å². The van der Waals surface area contributed by atoms with E-state index >= 15 is 0 Å². The summed E-state index contributed by atoms with van der Waals surface area (Å²) in [4.78, 5) is 58.5. The fraction of sp³-hybridized carbons (Fsp3) is 0.536. The number of carbonyl (C=O) groups is 4. The monoisotopic (exact) mass is 587 g/mol. The molecule has 42 heavy (non-hydrogen) atoms. The molecule has 0 aliphatic rings. The van der Waals surface area contributed by atoms with Gasteiger partial charge < -0.3 is 49.0 Å². The Labute approximate surface area is 245 Å². The zero-order chi connectivity index (χ0) is 31.2. The van der Waals surface area contributed by atoms with Crippen LogP contribution in [0, 0.1) is 5.92 Å². The molecule has 1 heterocycles. The molecule has 14 nitrogen and oxygen atoms in total. The Balaban J connectivity index is 2.22. The van der Waals surface area contributed by atoms with Gasteiger partial charge in [0, 0.05) is 30.1 Å². The SMILES string of the molecule is CC(C)C(NC(=O)C(Cc1c[nH]c2ccccc12)NC(=O)C(N)CCCN=C(N)N)C(=O)NC(CCCCN)C(=O)O. The average Bonchev–Trinajstić information content (AvgIpc) is 3.35. The maximum absolute atomic E-state index is 13.6. The minimum atomic E-state index is -1.17. The van der Waals surface area contributed by atoms with Crippen LogP contribution in [-0.4, -0.2) is 77.0 Å². The predicted molar refractivity (Wildman–Crippen MR) is 161 cm³/mol. The second-order valence-corrected chi connectivity index (χ2v) is 10.6. The summed E-state index contributed by atoms with van der Waals surface area (Å²) in [6.45, 7) is 4.18. The molecule has 1 aromatic heterocycles. The Morgan fingerprint density at radius 3 is 2.26 bits per heavy atom. The number of rotatable bonds is 18. The number of fused-ring (bicyclic) bond motifs is 1. The van der Waals surface area contributed by atoms with E-state index in [1.165, 1.54) is 0 Å². The molecule has 4 unspecified atom stereocenters. The van der Waals surface area contributed by atoms with Crippen LogP contribution in [0.15, 0.2) is 35.5 Å². The highest BCUT2D eigenvalue weighted by molar-refractivity contribution is 5.95. The van der Waals surface area contributed by atoms with Crippen LogP contribution >= 0.6 is 0 Å². The third-order valence-corrected chi connectivity index (χ3v) is 6.84. The summed E-state index contributed by atoms with van der Waals surface area (Å²) in [5.74, 6) is -3.40. The molecule has 0 bridgehead atoms. The number of aliphatic carboxylic acids is 1. The zero-order valence-corrected chi connectivity index (χ0v) is 24.3. The van der Waals surface area contributed by atoms with Gasteiger partial charge in [0.2, 0.25) is 17.7 Å². The maximum Gasteiger partial charge on any atom is 0.326 e. The minimum Gasteiger partial charge on any atom is -0.480 e. The molecule has 14 heteroatoms. The van der Waals surface area contributed by atoms with Gasteiger partial charge in [-0.2, -0.15) is 0 Å². The smallest absolute Gasteiger partial charge is 0.326 e. The third kappa shape index (κ3) is 10.7. The van der Waals surface area contributed by atoms with E-state index in [1.54, 1.807) is 20.0 Å². The van der Waals surface area contributed by atoms with E-state index in [9.17, 15) is 24.3 Å². The summed E-state index contributed by atoms with van der Waals surface area (Å²) in [6, 6.07) is 3.36. The topological polar surface area (TPSA) is 257 Å². The summed E-state index contributed by atoms with van der Waals surface area (Å²) in [5.41, 5.74) is 23.9. The number of unbranched alkanes of at least 4 members (excludes halogenated alkanes) is 1. The first-order chi connectivity index (χ1) is 19.9. The largest absolute Gasteiger partial charge is 0.480 e. The van der Waals surface area contributed by atoms with E-state index in [1.807, 2.05) is 24.3 Å². The van der Waals surface area contributed by atoms with E-state index < -0.39 is 47.9 Å². The second-order valence-electron chi connectivity index (χ2n) is 10.6. The van der Waals surface area contributed by atoms with Crippen molar-refractivity contribution in [2.75, 3.05) is 13.1 Å². The Kier molecular flexibility index (Phi) is 13.7. The second kappa shape index (κ2) is 16.9. The fourth-order valence-electron chi connectivity index (χ4n) is 4.46. The van der Waals surface area contributed by atoms with Crippen molar-refractivity contribution in [1.82, 2.24) is 20.9 Å². The lowest BCUT2D eigenvalue weighted by Crippen LogP contribution is -2.58. The molecule has 1 aromatic carbocycles. The Morgan fingerprint density at radius 1 is 0.929 bits per heavy atom. The van der Waals surface area contributed by atoms with Gasteiger partial charge in [0.15, 0.2) is 5.96 Å². The number of aromatic amines is 1. The van der Waals surface area contributed by atoms with Crippen molar-refractivity contribution in [3.05, 3.63) is 36.0 Å². The molecule has 0 radical (unpaired) electrons. The summed E-state index contributed by atoms with van der Waals surface area (Å²) in [7, 11) is 0. The number of aromatic nitrogens is 1. The number of nitrogens with two attached hydrogens (primary N) is 4. The molecule has 2 rings (SSSR count).